The molecular weight excluding hydrogens is 350 g/mol. The van der Waals surface area contributed by atoms with Gasteiger partial charge in [-0.3, -0.25) is 0 Å². The molecule has 136 valence electrons. The van der Waals surface area contributed by atoms with E-state index in [0.717, 1.165) is 12.0 Å². The van der Waals surface area contributed by atoms with Crippen molar-refractivity contribution in [3.63, 3.8) is 0 Å². The minimum absolute atomic E-state index is 0.0691. The zero-order valence-electron chi connectivity index (χ0n) is 14.8. The van der Waals surface area contributed by atoms with Crippen molar-refractivity contribution in [2.75, 3.05) is 14.2 Å². The summed E-state index contributed by atoms with van der Waals surface area (Å²) in [5.74, 6) is 2.67. The van der Waals surface area contributed by atoms with Gasteiger partial charge in [-0.1, -0.05) is 48.2 Å². The van der Waals surface area contributed by atoms with Crippen molar-refractivity contribution in [1.29, 1.82) is 0 Å². The van der Waals surface area contributed by atoms with Crippen molar-refractivity contribution in [3.8, 4) is 11.5 Å². The molecule has 0 spiro atoms. The smallest absolute Gasteiger partial charge is 0.277 e. The molecule has 0 bridgehead atoms. The van der Waals surface area contributed by atoms with Crippen LogP contribution in [-0.4, -0.2) is 24.4 Å². The van der Waals surface area contributed by atoms with E-state index in [1.807, 2.05) is 36.4 Å². The van der Waals surface area contributed by atoms with Crippen LogP contribution in [0.1, 0.15) is 23.1 Å². The lowest BCUT2D eigenvalue weighted by Crippen LogP contribution is -2.54. The van der Waals surface area contributed by atoms with Gasteiger partial charge >= 0.3 is 0 Å². The first kappa shape index (κ1) is 18.3. The Labute approximate surface area is 156 Å². The van der Waals surface area contributed by atoms with Crippen LogP contribution in [0.2, 0.25) is 0 Å². The highest BCUT2D eigenvalue weighted by molar-refractivity contribution is 7.98. The summed E-state index contributed by atoms with van der Waals surface area (Å²) in [5, 5.41) is 8.80. The van der Waals surface area contributed by atoms with E-state index in [1.165, 1.54) is 17.3 Å². The van der Waals surface area contributed by atoms with Crippen LogP contribution in [0.25, 0.3) is 0 Å². The molecule has 1 aromatic heterocycles. The third-order valence-corrected chi connectivity index (χ3v) is 4.80. The molecule has 0 aliphatic heterocycles. The van der Waals surface area contributed by atoms with Gasteiger partial charge in [0.1, 0.15) is 0 Å². The van der Waals surface area contributed by atoms with Crippen LogP contribution in [0.4, 0.5) is 0 Å². The molecule has 0 unspecified atom stereocenters. The van der Waals surface area contributed by atoms with Crippen LogP contribution in [0.5, 0.6) is 11.5 Å². The van der Waals surface area contributed by atoms with Crippen molar-refractivity contribution in [3.05, 3.63) is 65.5 Å². The normalized spacial score (nSPS) is 12.0. The van der Waals surface area contributed by atoms with E-state index in [2.05, 4.69) is 28.1 Å². The van der Waals surface area contributed by atoms with Crippen molar-refractivity contribution in [2.45, 2.75) is 23.4 Å². The number of quaternary nitrogens is 1. The lowest BCUT2D eigenvalue weighted by atomic mass is 10.1. The highest BCUT2D eigenvalue weighted by atomic mass is 32.2. The molecule has 0 saturated carbocycles. The van der Waals surface area contributed by atoms with E-state index in [-0.39, 0.29) is 6.04 Å². The van der Waals surface area contributed by atoms with Crippen LogP contribution in [0.15, 0.2) is 58.2 Å². The third kappa shape index (κ3) is 4.56. The molecule has 0 aliphatic carbocycles. The third-order valence-electron chi connectivity index (χ3n) is 3.91. The molecule has 3 N–H and O–H groups in total. The van der Waals surface area contributed by atoms with Crippen LogP contribution >= 0.6 is 11.8 Å². The molecule has 0 amide bonds. The summed E-state index contributed by atoms with van der Waals surface area (Å²) in [5.41, 5.74) is 6.43. The zero-order valence-corrected chi connectivity index (χ0v) is 15.7. The highest BCUT2D eigenvalue weighted by Crippen LogP contribution is 2.30. The van der Waals surface area contributed by atoms with Crippen molar-refractivity contribution < 1.29 is 19.6 Å². The molecule has 0 fully saturated rings. The Kier molecular flexibility index (Phi) is 6.14. The van der Waals surface area contributed by atoms with Crippen molar-refractivity contribution >= 4 is 11.8 Å². The summed E-state index contributed by atoms with van der Waals surface area (Å²) in [6.07, 6.45) is 0.767. The second kappa shape index (κ2) is 8.73. The second-order valence-electron chi connectivity index (χ2n) is 5.77. The van der Waals surface area contributed by atoms with Gasteiger partial charge in [0.05, 0.1) is 14.2 Å². The number of hydrogen-bond acceptors (Lipinski definition) is 6. The number of thioether (sulfide) groups is 1. The summed E-state index contributed by atoms with van der Waals surface area (Å²) >= 11 is 1.49. The minimum atomic E-state index is -0.0691. The van der Waals surface area contributed by atoms with Gasteiger partial charge in [0.15, 0.2) is 17.5 Å². The average Bonchev–Trinajstić information content (AvgIpc) is 3.16. The Bertz CT molecular complexity index is 839. The molecule has 7 heteroatoms. The standard InChI is InChI=1S/C19H21N3O3S/c1-23-16-9-8-14(11-17(16)24-2)12-26-19-22-21-18(25-19)15(20)10-13-6-4-3-5-7-13/h3-9,11,15H,10,12,20H2,1-2H3/p+1/t15-/m0/s1. The van der Waals surface area contributed by atoms with Crippen LogP contribution in [0, 0.1) is 0 Å². The molecule has 0 radical (unpaired) electrons. The summed E-state index contributed by atoms with van der Waals surface area (Å²) < 4.78 is 16.3. The molecule has 2 aromatic carbocycles. The van der Waals surface area contributed by atoms with Gasteiger partial charge < -0.3 is 19.6 Å². The van der Waals surface area contributed by atoms with Crippen LogP contribution in [0.3, 0.4) is 0 Å². The van der Waals surface area contributed by atoms with Gasteiger partial charge in [0.25, 0.3) is 11.1 Å². The predicted octanol–water partition coefficient (Wildman–Crippen LogP) is 2.90. The Balaban J connectivity index is 1.60. The first-order valence-electron chi connectivity index (χ1n) is 8.23. The number of rotatable bonds is 8. The zero-order chi connectivity index (χ0) is 18.4. The number of benzene rings is 2. The maximum Gasteiger partial charge on any atom is 0.277 e. The van der Waals surface area contributed by atoms with Gasteiger partial charge in [-0.25, -0.2) is 0 Å². The van der Waals surface area contributed by atoms with Crippen molar-refractivity contribution in [2.24, 2.45) is 0 Å². The molecule has 6 nitrogen and oxygen atoms in total. The molecular formula is C19H22N3O3S+. The fourth-order valence-electron chi connectivity index (χ4n) is 2.55. The highest BCUT2D eigenvalue weighted by Gasteiger charge is 2.18. The van der Waals surface area contributed by atoms with Gasteiger partial charge in [-0.2, -0.15) is 0 Å². The summed E-state index contributed by atoms with van der Waals surface area (Å²) in [4.78, 5) is 0. The topological polar surface area (TPSA) is 85.0 Å². The monoisotopic (exact) mass is 372 g/mol. The molecule has 0 aliphatic rings. The SMILES string of the molecule is COc1ccc(CSc2nnc([C@@H]([NH3+])Cc3ccccc3)o2)cc1OC. The quantitative estimate of drug-likeness (QED) is 0.612. The van der Waals surface area contributed by atoms with Crippen LogP contribution in [-0.2, 0) is 12.2 Å². The van der Waals surface area contributed by atoms with Gasteiger partial charge in [0, 0.05) is 12.2 Å². The fourth-order valence-corrected chi connectivity index (χ4v) is 3.26. The average molecular weight is 372 g/mol. The van der Waals surface area contributed by atoms with E-state index in [9.17, 15) is 0 Å². The first-order chi connectivity index (χ1) is 12.7. The Morgan fingerprint density at radius 2 is 1.77 bits per heavy atom. The van der Waals surface area contributed by atoms with Gasteiger partial charge in [-0.05, 0) is 23.3 Å². The van der Waals surface area contributed by atoms with E-state index < -0.39 is 0 Å². The molecule has 1 heterocycles. The number of ether oxygens (including phenoxy) is 2. The number of hydrogen-bond donors (Lipinski definition) is 1. The number of methoxy groups -OCH3 is 2. The first-order valence-corrected chi connectivity index (χ1v) is 9.22. The summed E-state index contributed by atoms with van der Waals surface area (Å²) in [6.45, 7) is 0. The van der Waals surface area contributed by atoms with Crippen LogP contribution < -0.4 is 15.2 Å². The Morgan fingerprint density at radius 1 is 1.00 bits per heavy atom. The number of nitrogens with zero attached hydrogens (tertiary/aromatic N) is 2. The summed E-state index contributed by atoms with van der Waals surface area (Å²) in [7, 11) is 3.25. The van der Waals surface area contributed by atoms with E-state index in [0.29, 0.717) is 28.4 Å². The Morgan fingerprint density at radius 3 is 2.50 bits per heavy atom. The lowest BCUT2D eigenvalue weighted by Gasteiger charge is -2.08. The van der Waals surface area contributed by atoms with Gasteiger partial charge in [0.2, 0.25) is 0 Å². The van der Waals surface area contributed by atoms with E-state index in [4.69, 9.17) is 13.9 Å². The van der Waals surface area contributed by atoms with Crippen molar-refractivity contribution in [1.82, 2.24) is 10.2 Å². The molecule has 0 saturated heterocycles. The van der Waals surface area contributed by atoms with E-state index in [1.54, 1.807) is 14.2 Å². The largest absolute Gasteiger partial charge is 0.493 e. The van der Waals surface area contributed by atoms with Gasteiger partial charge in [-0.15, -0.1) is 10.2 Å². The fraction of sp³-hybridized carbons (Fsp3) is 0.263. The molecule has 3 aromatic rings. The number of aromatic nitrogens is 2. The predicted molar refractivity (Wildman–Crippen MR) is 99.2 cm³/mol. The molecule has 26 heavy (non-hydrogen) atoms. The lowest BCUT2D eigenvalue weighted by molar-refractivity contribution is -0.431. The van der Waals surface area contributed by atoms with E-state index >= 15 is 0 Å². The summed E-state index contributed by atoms with van der Waals surface area (Å²) in [6, 6.07) is 15.9. The Hall–Kier alpha value is -2.51. The maximum absolute atomic E-state index is 5.76. The minimum Gasteiger partial charge on any atom is -0.493 e. The molecule has 1 atom stereocenters. The second-order valence-corrected chi connectivity index (χ2v) is 6.70. The molecule has 3 rings (SSSR count). The maximum atomic E-state index is 5.76.